The highest BCUT2D eigenvalue weighted by molar-refractivity contribution is 6.04. The first-order valence-electron chi connectivity index (χ1n) is 7.95. The smallest absolute Gasteiger partial charge is 0.161 e. The van der Waals surface area contributed by atoms with Gasteiger partial charge >= 0.3 is 0 Å². The predicted octanol–water partition coefficient (Wildman–Crippen LogP) is 3.14. The van der Waals surface area contributed by atoms with Crippen LogP contribution in [-0.4, -0.2) is 39.0 Å². The van der Waals surface area contributed by atoms with Gasteiger partial charge in [0.2, 0.25) is 0 Å². The predicted molar refractivity (Wildman–Crippen MR) is 97.2 cm³/mol. The van der Waals surface area contributed by atoms with Crippen molar-refractivity contribution in [2.45, 2.75) is 13.0 Å². The third-order valence-corrected chi connectivity index (χ3v) is 4.23. The molecular formula is C19H23N3O2. The number of methoxy groups -OCH3 is 2. The average molecular weight is 325 g/mol. The Kier molecular flexibility index (Phi) is 4.60. The van der Waals surface area contributed by atoms with Crippen LogP contribution in [0.3, 0.4) is 0 Å². The number of hydrogen-bond acceptors (Lipinski definition) is 5. The summed E-state index contributed by atoms with van der Waals surface area (Å²) in [5.74, 6) is 1.49. The summed E-state index contributed by atoms with van der Waals surface area (Å²) in [5, 5.41) is 9.83. The van der Waals surface area contributed by atoms with Crippen LogP contribution in [0, 0.1) is 0 Å². The summed E-state index contributed by atoms with van der Waals surface area (Å²) in [4.78, 5) is 0. The molecule has 2 aromatic rings. The molecule has 0 bridgehead atoms. The maximum absolute atomic E-state index is 5.46. The van der Waals surface area contributed by atoms with Crippen molar-refractivity contribution in [2.24, 2.45) is 5.10 Å². The first kappa shape index (κ1) is 16.2. The lowest BCUT2D eigenvalue weighted by atomic mass is 9.95. The second-order valence-corrected chi connectivity index (χ2v) is 5.85. The molecule has 1 aliphatic heterocycles. The Morgan fingerprint density at radius 3 is 2.38 bits per heavy atom. The molecule has 0 atom stereocenters. The van der Waals surface area contributed by atoms with Crippen LogP contribution in [0.2, 0.25) is 0 Å². The molecule has 1 aliphatic rings. The van der Waals surface area contributed by atoms with Gasteiger partial charge in [-0.05, 0) is 35.4 Å². The molecule has 1 heterocycles. The van der Waals surface area contributed by atoms with Gasteiger partial charge in [-0.1, -0.05) is 12.1 Å². The van der Waals surface area contributed by atoms with E-state index in [9.17, 15) is 0 Å². The molecule has 0 unspecified atom stereocenters. The van der Waals surface area contributed by atoms with E-state index in [1.807, 2.05) is 31.2 Å². The lowest BCUT2D eigenvalue weighted by molar-refractivity contribution is 0.332. The van der Waals surface area contributed by atoms with Crippen LogP contribution in [-0.2, 0) is 13.0 Å². The zero-order valence-electron chi connectivity index (χ0n) is 14.6. The van der Waals surface area contributed by atoms with E-state index >= 15 is 0 Å². The molecule has 5 heteroatoms. The maximum atomic E-state index is 5.46. The summed E-state index contributed by atoms with van der Waals surface area (Å²) in [5.41, 5.74) is 5.70. The van der Waals surface area contributed by atoms with Crippen molar-refractivity contribution in [2.75, 3.05) is 33.6 Å². The summed E-state index contributed by atoms with van der Waals surface area (Å²) in [6, 6.07) is 12.5. The number of hydrogen-bond donors (Lipinski definition) is 1. The van der Waals surface area contributed by atoms with E-state index in [2.05, 4.69) is 29.6 Å². The minimum atomic E-state index is 0.735. The average Bonchev–Trinajstić information content (AvgIpc) is 2.61. The molecule has 1 N–H and O–H groups in total. The van der Waals surface area contributed by atoms with Crippen LogP contribution in [0.5, 0.6) is 11.5 Å². The first-order chi connectivity index (χ1) is 11.6. The molecule has 0 spiro atoms. The molecule has 0 saturated heterocycles. The highest BCUT2D eigenvalue weighted by Crippen LogP contribution is 2.33. The Labute approximate surface area is 142 Å². The van der Waals surface area contributed by atoms with Crippen LogP contribution >= 0.6 is 0 Å². The molecule has 3 rings (SSSR count). The fraction of sp³-hybridized carbons (Fsp3) is 0.316. The monoisotopic (exact) mass is 325 g/mol. The highest BCUT2D eigenvalue weighted by Gasteiger charge is 2.21. The molecule has 0 aliphatic carbocycles. The van der Waals surface area contributed by atoms with Gasteiger partial charge in [0.1, 0.15) is 0 Å². The summed E-state index contributed by atoms with van der Waals surface area (Å²) in [6.07, 6.45) is 0.775. The van der Waals surface area contributed by atoms with E-state index in [4.69, 9.17) is 14.6 Å². The van der Waals surface area contributed by atoms with E-state index in [0.717, 1.165) is 41.4 Å². The second kappa shape index (κ2) is 6.83. The molecule has 2 aromatic carbocycles. The number of ether oxygens (including phenoxy) is 2. The minimum Gasteiger partial charge on any atom is -0.493 e. The van der Waals surface area contributed by atoms with Crippen LogP contribution in [0.4, 0.5) is 5.69 Å². The Morgan fingerprint density at radius 2 is 1.75 bits per heavy atom. The van der Waals surface area contributed by atoms with E-state index < -0.39 is 0 Å². The van der Waals surface area contributed by atoms with Crippen molar-refractivity contribution in [1.29, 1.82) is 0 Å². The number of hydrazone groups is 1. The van der Waals surface area contributed by atoms with Crippen LogP contribution in [0.15, 0.2) is 41.5 Å². The van der Waals surface area contributed by atoms with Gasteiger partial charge in [0, 0.05) is 31.8 Å². The molecule has 0 amide bonds. The van der Waals surface area contributed by atoms with Crippen molar-refractivity contribution in [3.63, 3.8) is 0 Å². The van der Waals surface area contributed by atoms with Crippen molar-refractivity contribution in [3.8, 4) is 11.5 Å². The Morgan fingerprint density at radius 1 is 1.08 bits per heavy atom. The Balaban J connectivity index is 1.96. The first-order valence-corrected chi connectivity index (χ1v) is 7.95. The lowest BCUT2D eigenvalue weighted by Crippen LogP contribution is -2.24. The van der Waals surface area contributed by atoms with Gasteiger partial charge in [0.05, 0.1) is 26.5 Å². The van der Waals surface area contributed by atoms with E-state index in [1.165, 1.54) is 11.1 Å². The van der Waals surface area contributed by atoms with Crippen molar-refractivity contribution >= 4 is 11.4 Å². The third kappa shape index (κ3) is 3.15. The number of nitrogens with zero attached hydrogens (tertiary/aromatic N) is 2. The van der Waals surface area contributed by atoms with Gasteiger partial charge in [-0.2, -0.15) is 5.10 Å². The molecule has 0 aromatic heterocycles. The highest BCUT2D eigenvalue weighted by atomic mass is 16.5. The molecule has 0 radical (unpaired) electrons. The molecule has 24 heavy (non-hydrogen) atoms. The number of fused-ring (bicyclic) bond motifs is 1. The molecule has 0 fully saturated rings. The van der Waals surface area contributed by atoms with Crippen LogP contribution < -0.4 is 14.8 Å². The number of nitrogens with one attached hydrogen (secondary N) is 1. The quantitative estimate of drug-likeness (QED) is 0.917. The normalized spacial score (nSPS) is 13.2. The van der Waals surface area contributed by atoms with Gasteiger partial charge in [0.15, 0.2) is 11.5 Å². The number of rotatable bonds is 5. The number of anilines is 1. The van der Waals surface area contributed by atoms with Gasteiger partial charge in [-0.3, -0.25) is 5.01 Å². The Bertz CT molecular complexity index is 754. The van der Waals surface area contributed by atoms with Gasteiger partial charge in [-0.15, -0.1) is 0 Å². The van der Waals surface area contributed by atoms with E-state index in [1.54, 1.807) is 14.2 Å². The largest absolute Gasteiger partial charge is 0.493 e. The summed E-state index contributed by atoms with van der Waals surface area (Å²) in [7, 11) is 7.23. The van der Waals surface area contributed by atoms with Crippen LogP contribution in [0.25, 0.3) is 0 Å². The molecular weight excluding hydrogens is 302 g/mol. The molecule has 0 saturated carbocycles. The van der Waals surface area contributed by atoms with Crippen LogP contribution in [0.1, 0.15) is 16.7 Å². The summed E-state index contributed by atoms with van der Waals surface area (Å²) in [6.45, 7) is 0.762. The van der Waals surface area contributed by atoms with Crippen molar-refractivity contribution in [3.05, 3.63) is 53.1 Å². The standard InChI is InChI=1S/C19H23N3O2/c1-20-15-7-5-13(6-8-15)9-17-16-11-19(24-4)18(23-3)10-14(16)12-22(2)21-17/h5-8,10-11,20H,9,12H2,1-4H3. The summed E-state index contributed by atoms with van der Waals surface area (Å²) >= 11 is 0. The van der Waals surface area contributed by atoms with Gasteiger partial charge in [0.25, 0.3) is 0 Å². The van der Waals surface area contributed by atoms with Crippen molar-refractivity contribution in [1.82, 2.24) is 5.01 Å². The lowest BCUT2D eigenvalue weighted by Gasteiger charge is -2.25. The summed E-state index contributed by atoms with van der Waals surface area (Å²) < 4.78 is 10.9. The fourth-order valence-electron chi connectivity index (χ4n) is 2.98. The fourth-order valence-corrected chi connectivity index (χ4v) is 2.98. The molecule has 5 nitrogen and oxygen atoms in total. The van der Waals surface area contributed by atoms with Crippen molar-refractivity contribution < 1.29 is 9.47 Å². The van der Waals surface area contributed by atoms with E-state index in [-0.39, 0.29) is 0 Å². The second-order valence-electron chi connectivity index (χ2n) is 5.85. The zero-order chi connectivity index (χ0) is 17.1. The maximum Gasteiger partial charge on any atom is 0.161 e. The van der Waals surface area contributed by atoms with Gasteiger partial charge < -0.3 is 14.8 Å². The zero-order valence-corrected chi connectivity index (χ0v) is 14.6. The van der Waals surface area contributed by atoms with E-state index in [0.29, 0.717) is 0 Å². The third-order valence-electron chi connectivity index (χ3n) is 4.23. The topological polar surface area (TPSA) is 46.1 Å². The molecule has 126 valence electrons. The van der Waals surface area contributed by atoms with Gasteiger partial charge in [-0.25, -0.2) is 0 Å². The SMILES string of the molecule is CNc1ccc(CC2=NN(C)Cc3cc(OC)c(OC)cc32)cc1. The number of benzene rings is 2. The minimum absolute atomic E-state index is 0.735. The Hall–Kier alpha value is -2.69.